The summed E-state index contributed by atoms with van der Waals surface area (Å²) in [6.07, 6.45) is 3.13. The Balaban J connectivity index is 1.98. The first-order valence-electron chi connectivity index (χ1n) is 8.50. The highest BCUT2D eigenvalue weighted by Gasteiger charge is 2.35. The lowest BCUT2D eigenvalue weighted by atomic mass is 10.1. The average molecular weight is 379 g/mol. The van der Waals surface area contributed by atoms with E-state index in [9.17, 15) is 4.79 Å². The maximum atomic E-state index is 12.9. The number of rotatable bonds is 3. The molecule has 27 heavy (non-hydrogen) atoms. The van der Waals surface area contributed by atoms with Crippen LogP contribution < -0.4 is 9.64 Å². The van der Waals surface area contributed by atoms with E-state index in [1.807, 2.05) is 55.6 Å². The van der Waals surface area contributed by atoms with Gasteiger partial charge in [0.15, 0.2) is 5.69 Å². The number of nitrogens with zero attached hydrogens (tertiary/aromatic N) is 5. The van der Waals surface area contributed by atoms with Gasteiger partial charge in [0.25, 0.3) is 0 Å². The SMILES string of the molecule is CCC(=O)N1c2ccccc2-c2nnc(SC)nc2O[C@H]1c1ccccn1. The second-order valence-electron chi connectivity index (χ2n) is 5.81. The van der Waals surface area contributed by atoms with Crippen LogP contribution in [0.3, 0.4) is 0 Å². The number of aromatic nitrogens is 4. The zero-order chi connectivity index (χ0) is 18.8. The number of fused-ring (bicyclic) bond motifs is 3. The minimum Gasteiger partial charge on any atom is -0.445 e. The average Bonchev–Trinajstić information content (AvgIpc) is 2.88. The van der Waals surface area contributed by atoms with Gasteiger partial charge in [-0.05, 0) is 24.5 Å². The summed E-state index contributed by atoms with van der Waals surface area (Å²) in [5.41, 5.74) is 2.58. The summed E-state index contributed by atoms with van der Waals surface area (Å²) in [5, 5.41) is 8.97. The molecule has 0 saturated heterocycles. The topological polar surface area (TPSA) is 81.1 Å². The molecule has 0 fully saturated rings. The normalized spacial score (nSPS) is 15.3. The van der Waals surface area contributed by atoms with Crippen molar-refractivity contribution in [3.8, 4) is 17.1 Å². The molecule has 1 amide bonds. The lowest BCUT2D eigenvalue weighted by Crippen LogP contribution is -2.37. The summed E-state index contributed by atoms with van der Waals surface area (Å²) in [4.78, 5) is 23.4. The van der Waals surface area contributed by atoms with E-state index < -0.39 is 6.23 Å². The van der Waals surface area contributed by atoms with Crippen LogP contribution in [0.4, 0.5) is 5.69 Å². The molecule has 1 aromatic carbocycles. The third-order valence-corrected chi connectivity index (χ3v) is 4.74. The molecule has 0 aliphatic carbocycles. The zero-order valence-electron chi connectivity index (χ0n) is 14.9. The first-order chi connectivity index (χ1) is 13.2. The summed E-state index contributed by atoms with van der Waals surface area (Å²) in [7, 11) is 0. The Morgan fingerprint density at radius 2 is 2.00 bits per heavy atom. The predicted molar refractivity (Wildman–Crippen MR) is 102 cm³/mol. The third-order valence-electron chi connectivity index (χ3n) is 4.21. The molecule has 3 heterocycles. The minimum atomic E-state index is -0.743. The summed E-state index contributed by atoms with van der Waals surface area (Å²) in [6, 6.07) is 13.1. The van der Waals surface area contributed by atoms with Crippen molar-refractivity contribution in [2.45, 2.75) is 24.7 Å². The number of carbonyl (C=O) groups excluding carboxylic acids is 1. The van der Waals surface area contributed by atoms with Crippen LogP contribution in [0.5, 0.6) is 5.88 Å². The smallest absolute Gasteiger partial charge is 0.247 e. The van der Waals surface area contributed by atoms with E-state index in [1.54, 1.807) is 11.1 Å². The van der Waals surface area contributed by atoms with Crippen LogP contribution in [0.1, 0.15) is 25.3 Å². The standard InChI is InChI=1S/C19H17N5O2S/c1-3-15(25)24-14-10-5-4-8-12(14)16-17(21-19(27-2)23-22-16)26-18(24)13-9-6-7-11-20-13/h4-11,18H,3H2,1-2H3/t18-/m0/s1. The molecule has 7 nitrogen and oxygen atoms in total. The van der Waals surface area contributed by atoms with Crippen molar-refractivity contribution >= 4 is 23.4 Å². The number of para-hydroxylation sites is 1. The Bertz CT molecular complexity index is 983. The number of benzene rings is 1. The molecule has 0 bridgehead atoms. The first kappa shape index (κ1) is 17.4. The van der Waals surface area contributed by atoms with Gasteiger partial charge in [-0.2, -0.15) is 4.98 Å². The van der Waals surface area contributed by atoms with E-state index in [4.69, 9.17) is 4.74 Å². The summed E-state index contributed by atoms with van der Waals surface area (Å²) in [6.45, 7) is 1.82. The van der Waals surface area contributed by atoms with Crippen LogP contribution in [0.15, 0.2) is 53.8 Å². The lowest BCUT2D eigenvalue weighted by Gasteiger charge is -2.29. The number of ether oxygens (including phenoxy) is 1. The van der Waals surface area contributed by atoms with E-state index in [0.717, 1.165) is 5.56 Å². The molecule has 4 rings (SSSR count). The Morgan fingerprint density at radius 1 is 1.19 bits per heavy atom. The van der Waals surface area contributed by atoms with Crippen LogP contribution in [0.25, 0.3) is 11.3 Å². The second kappa shape index (κ2) is 7.32. The van der Waals surface area contributed by atoms with Gasteiger partial charge in [-0.1, -0.05) is 43.0 Å². The van der Waals surface area contributed by atoms with Crippen molar-refractivity contribution in [3.63, 3.8) is 0 Å². The summed E-state index contributed by atoms with van der Waals surface area (Å²) >= 11 is 1.38. The number of pyridine rings is 1. The largest absolute Gasteiger partial charge is 0.445 e. The highest BCUT2D eigenvalue weighted by atomic mass is 32.2. The van der Waals surface area contributed by atoms with Crippen LogP contribution in [-0.4, -0.2) is 32.3 Å². The molecule has 1 atom stereocenters. The summed E-state index contributed by atoms with van der Waals surface area (Å²) < 4.78 is 6.22. The summed E-state index contributed by atoms with van der Waals surface area (Å²) in [5.74, 6) is 0.257. The zero-order valence-corrected chi connectivity index (χ0v) is 15.7. The van der Waals surface area contributed by atoms with Gasteiger partial charge in [0.1, 0.15) is 5.69 Å². The molecule has 8 heteroatoms. The van der Waals surface area contributed by atoms with Gasteiger partial charge in [-0.15, -0.1) is 10.2 Å². The van der Waals surface area contributed by atoms with Crippen LogP contribution in [0, 0.1) is 0 Å². The van der Waals surface area contributed by atoms with Crippen LogP contribution >= 0.6 is 11.8 Å². The maximum absolute atomic E-state index is 12.9. The van der Waals surface area contributed by atoms with Gasteiger partial charge in [0.05, 0.1) is 5.69 Å². The second-order valence-corrected chi connectivity index (χ2v) is 6.58. The molecule has 136 valence electrons. The fourth-order valence-electron chi connectivity index (χ4n) is 2.95. The van der Waals surface area contributed by atoms with Crippen LogP contribution in [-0.2, 0) is 4.79 Å². The molecule has 1 aliphatic heterocycles. The fraction of sp³-hybridized carbons (Fsp3) is 0.211. The Labute approximate surface area is 160 Å². The van der Waals surface area contributed by atoms with Gasteiger partial charge < -0.3 is 4.74 Å². The Kier molecular flexibility index (Phi) is 4.72. The van der Waals surface area contributed by atoms with Gasteiger partial charge >= 0.3 is 0 Å². The number of thioether (sulfide) groups is 1. The minimum absolute atomic E-state index is 0.0797. The number of amides is 1. The van der Waals surface area contributed by atoms with Gasteiger partial charge in [-0.25, -0.2) is 0 Å². The number of carbonyl (C=O) groups is 1. The molecule has 0 spiro atoms. The molecular formula is C19H17N5O2S. The van der Waals surface area contributed by atoms with Gasteiger partial charge in [0.2, 0.25) is 23.2 Å². The van der Waals surface area contributed by atoms with Crippen molar-refractivity contribution in [2.24, 2.45) is 0 Å². The molecule has 1 aliphatic rings. The number of anilines is 1. The highest BCUT2D eigenvalue weighted by Crippen LogP contribution is 2.43. The van der Waals surface area contributed by atoms with Crippen LogP contribution in [0.2, 0.25) is 0 Å². The highest BCUT2D eigenvalue weighted by molar-refractivity contribution is 7.98. The van der Waals surface area contributed by atoms with Crippen molar-refractivity contribution in [2.75, 3.05) is 11.2 Å². The Morgan fingerprint density at radius 3 is 2.74 bits per heavy atom. The third kappa shape index (κ3) is 3.12. The lowest BCUT2D eigenvalue weighted by molar-refractivity contribution is -0.120. The van der Waals surface area contributed by atoms with Crippen molar-refractivity contribution in [3.05, 3.63) is 54.4 Å². The maximum Gasteiger partial charge on any atom is 0.247 e. The van der Waals surface area contributed by atoms with E-state index in [2.05, 4.69) is 20.2 Å². The predicted octanol–water partition coefficient (Wildman–Crippen LogP) is 3.49. The quantitative estimate of drug-likeness (QED) is 0.644. The molecule has 0 saturated carbocycles. The fourth-order valence-corrected chi connectivity index (χ4v) is 3.25. The van der Waals surface area contributed by atoms with Crippen molar-refractivity contribution in [1.29, 1.82) is 0 Å². The van der Waals surface area contributed by atoms with E-state index >= 15 is 0 Å². The van der Waals surface area contributed by atoms with Gasteiger partial charge in [0, 0.05) is 18.2 Å². The molecule has 0 radical (unpaired) electrons. The van der Waals surface area contributed by atoms with E-state index in [1.165, 1.54) is 11.8 Å². The van der Waals surface area contributed by atoms with E-state index in [-0.39, 0.29) is 5.91 Å². The van der Waals surface area contributed by atoms with E-state index in [0.29, 0.717) is 34.5 Å². The molecule has 0 unspecified atom stereocenters. The molecule has 2 aromatic heterocycles. The number of hydrogen-bond donors (Lipinski definition) is 0. The van der Waals surface area contributed by atoms with Gasteiger partial charge in [-0.3, -0.25) is 14.7 Å². The monoisotopic (exact) mass is 379 g/mol. The molecule has 0 N–H and O–H groups in total. The Hall–Kier alpha value is -3.00. The van der Waals surface area contributed by atoms with Crippen molar-refractivity contribution < 1.29 is 9.53 Å². The number of hydrogen-bond acceptors (Lipinski definition) is 7. The first-order valence-corrected chi connectivity index (χ1v) is 9.73. The van der Waals surface area contributed by atoms with Crippen molar-refractivity contribution in [1.82, 2.24) is 20.2 Å². The molecule has 3 aromatic rings. The molecular weight excluding hydrogens is 362 g/mol.